The summed E-state index contributed by atoms with van der Waals surface area (Å²) in [4.78, 5) is 22.5. The number of carbonyl (C=O) groups excluding carboxylic acids is 1. The van der Waals surface area contributed by atoms with Crippen molar-refractivity contribution >= 4 is 34.3 Å². The summed E-state index contributed by atoms with van der Waals surface area (Å²) in [6.07, 6.45) is 1.69. The van der Waals surface area contributed by atoms with E-state index in [0.717, 1.165) is 9.39 Å². The van der Waals surface area contributed by atoms with Crippen LogP contribution in [0.15, 0.2) is 36.5 Å². The molecule has 0 saturated carbocycles. The summed E-state index contributed by atoms with van der Waals surface area (Å²) in [5.74, 6) is 1.29. The lowest BCUT2D eigenvalue weighted by Gasteiger charge is -2.12. The molecule has 0 aliphatic heterocycles. The number of carbonyl (C=O) groups is 1. The zero-order valence-corrected chi connectivity index (χ0v) is 13.5. The Morgan fingerprint density at radius 3 is 2.75 bits per heavy atom. The van der Waals surface area contributed by atoms with E-state index in [1.807, 2.05) is 43.3 Å². The van der Waals surface area contributed by atoms with Crippen LogP contribution in [0, 0.1) is 3.57 Å². The lowest BCUT2D eigenvalue weighted by Crippen LogP contribution is -2.25. The minimum Gasteiger partial charge on any atom is -0.363 e. The van der Waals surface area contributed by atoms with Gasteiger partial charge >= 0.3 is 0 Å². The maximum Gasteiger partial charge on any atom is 0.252 e. The van der Waals surface area contributed by atoms with E-state index >= 15 is 0 Å². The molecule has 6 heteroatoms. The molecule has 0 aliphatic rings. The zero-order chi connectivity index (χ0) is 14.5. The fraction of sp³-hybridized carbons (Fsp3) is 0.214. The largest absolute Gasteiger partial charge is 0.363 e. The Kier molecular flexibility index (Phi) is 4.89. The highest BCUT2D eigenvalue weighted by atomic mass is 127. The van der Waals surface area contributed by atoms with Crippen molar-refractivity contribution in [3.8, 4) is 0 Å². The lowest BCUT2D eigenvalue weighted by molar-refractivity contribution is 0.0949. The zero-order valence-electron chi connectivity index (χ0n) is 11.3. The first-order valence-corrected chi connectivity index (χ1v) is 7.18. The number of halogens is 1. The summed E-state index contributed by atoms with van der Waals surface area (Å²) < 4.78 is 0.922. The van der Waals surface area contributed by atoms with Crippen molar-refractivity contribution < 1.29 is 4.79 Å². The molecule has 0 saturated heterocycles. The van der Waals surface area contributed by atoms with Gasteiger partial charge in [0.25, 0.3) is 5.91 Å². The SMILES string of the molecule is CN(C)c1ccnc(CNC(=O)c2ccccc2I)n1. The Morgan fingerprint density at radius 1 is 1.30 bits per heavy atom. The summed E-state index contributed by atoms with van der Waals surface area (Å²) in [6.45, 7) is 0.311. The molecule has 0 aliphatic carbocycles. The molecule has 1 N–H and O–H groups in total. The number of rotatable bonds is 4. The highest BCUT2D eigenvalue weighted by molar-refractivity contribution is 14.1. The molecule has 104 valence electrons. The van der Waals surface area contributed by atoms with Gasteiger partial charge in [0.1, 0.15) is 11.6 Å². The minimum absolute atomic E-state index is 0.117. The quantitative estimate of drug-likeness (QED) is 0.823. The molecule has 0 radical (unpaired) electrons. The van der Waals surface area contributed by atoms with Crippen molar-refractivity contribution in [2.24, 2.45) is 0 Å². The fourth-order valence-electron chi connectivity index (χ4n) is 1.62. The number of benzene rings is 1. The first kappa shape index (κ1) is 14.7. The van der Waals surface area contributed by atoms with Crippen molar-refractivity contribution in [2.75, 3.05) is 19.0 Å². The lowest BCUT2D eigenvalue weighted by atomic mass is 10.2. The van der Waals surface area contributed by atoms with E-state index in [0.29, 0.717) is 17.9 Å². The number of amides is 1. The molecule has 0 unspecified atom stereocenters. The van der Waals surface area contributed by atoms with E-state index in [2.05, 4.69) is 37.9 Å². The van der Waals surface area contributed by atoms with Crippen LogP contribution in [0.1, 0.15) is 16.2 Å². The van der Waals surface area contributed by atoms with Gasteiger partial charge in [-0.2, -0.15) is 0 Å². The topological polar surface area (TPSA) is 58.1 Å². The molecule has 1 aromatic heterocycles. The van der Waals surface area contributed by atoms with Gasteiger partial charge in [-0.3, -0.25) is 4.79 Å². The molecular weight excluding hydrogens is 367 g/mol. The maximum atomic E-state index is 12.1. The molecule has 1 amide bonds. The molecule has 0 fully saturated rings. The van der Waals surface area contributed by atoms with Gasteiger partial charge in [-0.15, -0.1) is 0 Å². The summed E-state index contributed by atoms with van der Waals surface area (Å²) in [5, 5.41) is 2.83. The summed E-state index contributed by atoms with van der Waals surface area (Å²) in [7, 11) is 3.83. The van der Waals surface area contributed by atoms with Crippen LogP contribution in [0.4, 0.5) is 5.82 Å². The molecule has 1 heterocycles. The van der Waals surface area contributed by atoms with Crippen LogP contribution in [-0.2, 0) is 6.54 Å². The van der Waals surface area contributed by atoms with E-state index in [1.165, 1.54) is 0 Å². The predicted octanol–water partition coefficient (Wildman–Crippen LogP) is 2.08. The van der Waals surface area contributed by atoms with Gasteiger partial charge in [0.2, 0.25) is 0 Å². The predicted molar refractivity (Wildman–Crippen MR) is 86.7 cm³/mol. The first-order valence-electron chi connectivity index (χ1n) is 6.10. The monoisotopic (exact) mass is 382 g/mol. The molecule has 1 aromatic carbocycles. The minimum atomic E-state index is -0.117. The van der Waals surface area contributed by atoms with Gasteiger partial charge in [0.15, 0.2) is 0 Å². The Labute approximate surface area is 131 Å². The van der Waals surface area contributed by atoms with Crippen molar-refractivity contribution in [1.82, 2.24) is 15.3 Å². The van der Waals surface area contributed by atoms with Crippen LogP contribution in [0.2, 0.25) is 0 Å². The van der Waals surface area contributed by atoms with Gasteiger partial charge in [0.05, 0.1) is 12.1 Å². The van der Waals surface area contributed by atoms with Crippen molar-refractivity contribution in [3.63, 3.8) is 0 Å². The summed E-state index contributed by atoms with van der Waals surface area (Å²) >= 11 is 2.15. The number of nitrogens with one attached hydrogen (secondary N) is 1. The Bertz CT molecular complexity index is 616. The Hall–Kier alpha value is -1.70. The van der Waals surface area contributed by atoms with Gasteiger partial charge in [-0.25, -0.2) is 9.97 Å². The third kappa shape index (κ3) is 3.66. The number of anilines is 1. The average Bonchev–Trinajstić information content (AvgIpc) is 2.45. The van der Waals surface area contributed by atoms with Crippen molar-refractivity contribution in [2.45, 2.75) is 6.54 Å². The van der Waals surface area contributed by atoms with E-state index in [4.69, 9.17) is 0 Å². The van der Waals surface area contributed by atoms with Crippen LogP contribution >= 0.6 is 22.6 Å². The number of nitrogens with zero attached hydrogens (tertiary/aromatic N) is 3. The van der Waals surface area contributed by atoms with E-state index in [1.54, 1.807) is 12.3 Å². The molecule has 0 spiro atoms. The molecule has 2 aromatic rings. The van der Waals surface area contributed by atoms with Crippen LogP contribution in [0.5, 0.6) is 0 Å². The van der Waals surface area contributed by atoms with E-state index < -0.39 is 0 Å². The Balaban J connectivity index is 2.04. The van der Waals surface area contributed by atoms with Crippen LogP contribution in [-0.4, -0.2) is 30.0 Å². The second-order valence-electron chi connectivity index (χ2n) is 4.39. The molecule has 0 bridgehead atoms. The summed E-state index contributed by atoms with van der Waals surface area (Å²) in [6, 6.07) is 9.28. The summed E-state index contributed by atoms with van der Waals surface area (Å²) in [5.41, 5.74) is 0.664. The maximum absolute atomic E-state index is 12.1. The highest BCUT2D eigenvalue weighted by Gasteiger charge is 2.09. The molecule has 2 rings (SSSR count). The molecule has 5 nitrogen and oxygen atoms in total. The number of hydrogen-bond donors (Lipinski definition) is 1. The number of hydrogen-bond acceptors (Lipinski definition) is 4. The smallest absolute Gasteiger partial charge is 0.252 e. The number of aromatic nitrogens is 2. The molecule has 20 heavy (non-hydrogen) atoms. The highest BCUT2D eigenvalue weighted by Crippen LogP contribution is 2.11. The van der Waals surface area contributed by atoms with Gasteiger partial charge in [-0.1, -0.05) is 12.1 Å². The van der Waals surface area contributed by atoms with E-state index in [9.17, 15) is 4.79 Å². The van der Waals surface area contributed by atoms with Crippen LogP contribution in [0.3, 0.4) is 0 Å². The van der Waals surface area contributed by atoms with Gasteiger partial charge in [0, 0.05) is 23.9 Å². The van der Waals surface area contributed by atoms with Gasteiger partial charge in [-0.05, 0) is 40.8 Å². The molecule has 0 atom stereocenters. The van der Waals surface area contributed by atoms with E-state index in [-0.39, 0.29) is 5.91 Å². The normalized spacial score (nSPS) is 10.2. The second kappa shape index (κ2) is 6.65. The van der Waals surface area contributed by atoms with Crippen molar-refractivity contribution in [3.05, 3.63) is 51.5 Å². The average molecular weight is 382 g/mol. The Morgan fingerprint density at radius 2 is 2.05 bits per heavy atom. The third-order valence-corrected chi connectivity index (χ3v) is 3.62. The third-order valence-electron chi connectivity index (χ3n) is 2.67. The fourth-order valence-corrected chi connectivity index (χ4v) is 2.25. The first-order chi connectivity index (χ1) is 9.58. The van der Waals surface area contributed by atoms with Crippen LogP contribution in [0.25, 0.3) is 0 Å². The molecular formula is C14H15IN4O. The second-order valence-corrected chi connectivity index (χ2v) is 5.55. The van der Waals surface area contributed by atoms with Crippen LogP contribution < -0.4 is 10.2 Å². The standard InChI is InChI=1S/C14H15IN4O/c1-19(2)13-7-8-16-12(18-13)9-17-14(20)10-5-3-4-6-11(10)15/h3-8H,9H2,1-2H3,(H,17,20). The van der Waals surface area contributed by atoms with Crippen molar-refractivity contribution in [1.29, 1.82) is 0 Å². The van der Waals surface area contributed by atoms with Gasteiger partial charge < -0.3 is 10.2 Å².